The maximum absolute atomic E-state index is 3.32. The predicted octanol–water partition coefficient (Wildman–Crippen LogP) is 6.06. The van der Waals surface area contributed by atoms with Crippen molar-refractivity contribution in [3.05, 3.63) is 12.2 Å². The van der Waals surface area contributed by atoms with Crippen LogP contribution in [0.25, 0.3) is 0 Å². The Morgan fingerprint density at radius 1 is 0.875 bits per heavy atom. The molecule has 1 N–H and O–H groups in total. The van der Waals surface area contributed by atoms with Gasteiger partial charge in [-0.15, -0.1) is 0 Å². The molecule has 1 aliphatic rings. The van der Waals surface area contributed by atoms with Crippen LogP contribution in [0, 0.1) is 0 Å². The molecule has 1 atom stereocenters. The Morgan fingerprint density at radius 2 is 1.50 bits per heavy atom. The summed E-state index contributed by atoms with van der Waals surface area (Å²) in [6.07, 6.45) is 26.5. The van der Waals surface area contributed by atoms with Gasteiger partial charge in [0.1, 0.15) is 13.1 Å². The van der Waals surface area contributed by atoms with Gasteiger partial charge in [0.25, 0.3) is 0 Å². The van der Waals surface area contributed by atoms with Crippen LogP contribution in [-0.4, -0.2) is 30.0 Å². The molecule has 1 unspecified atom stereocenters. The number of nitrogens with zero attached hydrogens (tertiary/aromatic N) is 1. The second kappa shape index (κ2) is 15.7. The molecule has 2 nitrogen and oxygen atoms in total. The summed E-state index contributed by atoms with van der Waals surface area (Å²) >= 11 is 0. The van der Waals surface area contributed by atoms with Gasteiger partial charge in [-0.05, 0) is 19.3 Å². The zero-order valence-electron chi connectivity index (χ0n) is 16.6. The number of allylic oxidation sites excluding steroid dienone is 1. The lowest BCUT2D eigenvalue weighted by atomic mass is 10.0. The molecule has 0 radical (unpaired) electrons. The standard InChI is InChI=1S/C22H42N2/c1-3-5-6-7-8-9-10-11-12-13-14-15-16-17-18-22(4-2)24-20-19-23-21-24/h16-17,21-22H,3-15,18-20H2,1-2H3/p+1. The van der Waals surface area contributed by atoms with Crippen LogP contribution in [0.2, 0.25) is 0 Å². The molecule has 1 aliphatic heterocycles. The Kier molecular flexibility index (Phi) is 13.9. The molecular weight excluding hydrogens is 292 g/mol. The Bertz CT molecular complexity index is 333. The normalized spacial score (nSPS) is 15.7. The van der Waals surface area contributed by atoms with Crippen LogP contribution in [0.3, 0.4) is 0 Å². The Morgan fingerprint density at radius 3 is 2.04 bits per heavy atom. The van der Waals surface area contributed by atoms with E-state index >= 15 is 0 Å². The lowest BCUT2D eigenvalue weighted by molar-refractivity contribution is -0.553. The molecule has 0 bridgehead atoms. The van der Waals surface area contributed by atoms with Crippen molar-refractivity contribution >= 4 is 6.34 Å². The van der Waals surface area contributed by atoms with Gasteiger partial charge in [0.2, 0.25) is 6.34 Å². The molecule has 0 spiro atoms. The molecule has 0 saturated heterocycles. The van der Waals surface area contributed by atoms with Crippen molar-refractivity contribution in [2.75, 3.05) is 13.1 Å². The van der Waals surface area contributed by atoms with Crippen LogP contribution in [-0.2, 0) is 0 Å². The van der Waals surface area contributed by atoms with E-state index in [1.807, 2.05) is 0 Å². The summed E-state index contributed by atoms with van der Waals surface area (Å²) in [4.78, 5) is 0. The maximum atomic E-state index is 3.32. The predicted molar refractivity (Wildman–Crippen MR) is 108 cm³/mol. The van der Waals surface area contributed by atoms with Gasteiger partial charge in [0, 0.05) is 6.42 Å². The van der Waals surface area contributed by atoms with E-state index < -0.39 is 0 Å². The molecule has 0 aromatic carbocycles. The van der Waals surface area contributed by atoms with E-state index in [1.165, 1.54) is 96.4 Å². The summed E-state index contributed by atoms with van der Waals surface area (Å²) in [5.41, 5.74) is 0. The molecular formula is C22H43N2+. The van der Waals surface area contributed by atoms with E-state index in [1.54, 1.807) is 0 Å². The van der Waals surface area contributed by atoms with Gasteiger partial charge in [-0.3, -0.25) is 9.89 Å². The smallest absolute Gasteiger partial charge is 0.232 e. The minimum Gasteiger partial charge on any atom is -0.277 e. The first kappa shape index (κ1) is 21.3. The topological polar surface area (TPSA) is 15.0 Å². The zero-order chi connectivity index (χ0) is 17.3. The van der Waals surface area contributed by atoms with Crippen molar-refractivity contribution in [2.24, 2.45) is 0 Å². The average Bonchev–Trinajstić information content (AvgIpc) is 3.13. The highest BCUT2D eigenvalue weighted by Gasteiger charge is 2.17. The van der Waals surface area contributed by atoms with Crippen LogP contribution >= 0.6 is 0 Å². The lowest BCUT2D eigenvalue weighted by Gasteiger charge is -2.11. The van der Waals surface area contributed by atoms with Gasteiger partial charge < -0.3 is 0 Å². The van der Waals surface area contributed by atoms with Crippen LogP contribution in [0.5, 0.6) is 0 Å². The Labute approximate surface area is 151 Å². The number of unbranched alkanes of at least 4 members (excludes halogenated alkanes) is 11. The van der Waals surface area contributed by atoms with E-state index in [0.717, 1.165) is 6.54 Å². The zero-order valence-corrected chi connectivity index (χ0v) is 16.6. The number of hydrogen-bond donors (Lipinski definition) is 1. The largest absolute Gasteiger partial charge is 0.277 e. The lowest BCUT2D eigenvalue weighted by Crippen LogP contribution is -2.24. The third kappa shape index (κ3) is 10.9. The third-order valence-corrected chi connectivity index (χ3v) is 5.26. The van der Waals surface area contributed by atoms with Crippen molar-refractivity contribution in [1.82, 2.24) is 5.32 Å². The molecule has 1 rings (SSSR count). The van der Waals surface area contributed by atoms with Gasteiger partial charge in [-0.1, -0.05) is 90.2 Å². The first-order chi connectivity index (χ1) is 11.9. The molecule has 0 saturated carbocycles. The van der Waals surface area contributed by atoms with Gasteiger partial charge in [-0.2, -0.15) is 0 Å². The van der Waals surface area contributed by atoms with E-state index in [-0.39, 0.29) is 0 Å². The summed E-state index contributed by atoms with van der Waals surface area (Å²) < 4.78 is 2.46. The highest BCUT2D eigenvalue weighted by atomic mass is 15.2. The fraction of sp³-hybridized carbons (Fsp3) is 0.864. The molecule has 0 amide bonds. The second-order valence-corrected chi connectivity index (χ2v) is 7.41. The molecule has 0 aliphatic carbocycles. The van der Waals surface area contributed by atoms with Crippen molar-refractivity contribution in [2.45, 2.75) is 110 Å². The van der Waals surface area contributed by atoms with Crippen LogP contribution < -0.4 is 5.32 Å². The SMILES string of the molecule is CCCCCCCCCCCCCC=CCC(CC)[N+]1=CNCC1. The average molecular weight is 336 g/mol. The molecule has 1 heterocycles. The second-order valence-electron chi connectivity index (χ2n) is 7.41. The maximum Gasteiger partial charge on any atom is 0.232 e. The summed E-state index contributed by atoms with van der Waals surface area (Å²) in [6.45, 7) is 6.87. The molecule has 2 heteroatoms. The first-order valence-corrected chi connectivity index (χ1v) is 10.9. The van der Waals surface area contributed by atoms with E-state index in [2.05, 4.69) is 42.2 Å². The van der Waals surface area contributed by atoms with Crippen molar-refractivity contribution in [3.8, 4) is 0 Å². The van der Waals surface area contributed by atoms with Gasteiger partial charge >= 0.3 is 0 Å². The number of nitrogens with one attached hydrogen (secondary N) is 1. The summed E-state index contributed by atoms with van der Waals surface area (Å²) in [7, 11) is 0. The molecule has 0 fully saturated rings. The Hall–Kier alpha value is -0.790. The third-order valence-electron chi connectivity index (χ3n) is 5.26. The monoisotopic (exact) mass is 335 g/mol. The highest BCUT2D eigenvalue weighted by molar-refractivity contribution is 5.49. The van der Waals surface area contributed by atoms with Crippen LogP contribution in [0.4, 0.5) is 0 Å². The highest BCUT2D eigenvalue weighted by Crippen LogP contribution is 2.12. The van der Waals surface area contributed by atoms with Crippen molar-refractivity contribution < 1.29 is 4.58 Å². The molecule has 140 valence electrons. The van der Waals surface area contributed by atoms with Gasteiger partial charge in [0.05, 0.1) is 6.04 Å². The number of rotatable bonds is 16. The van der Waals surface area contributed by atoms with E-state index in [9.17, 15) is 0 Å². The van der Waals surface area contributed by atoms with Gasteiger partial charge in [-0.25, -0.2) is 0 Å². The minimum absolute atomic E-state index is 0.688. The van der Waals surface area contributed by atoms with Crippen LogP contribution in [0.15, 0.2) is 12.2 Å². The quantitative estimate of drug-likeness (QED) is 0.206. The fourth-order valence-corrected chi connectivity index (χ4v) is 3.56. The van der Waals surface area contributed by atoms with Crippen molar-refractivity contribution in [3.63, 3.8) is 0 Å². The van der Waals surface area contributed by atoms with Crippen LogP contribution in [0.1, 0.15) is 104 Å². The Balaban J connectivity index is 1.85. The van der Waals surface area contributed by atoms with E-state index in [0.29, 0.717) is 6.04 Å². The summed E-state index contributed by atoms with van der Waals surface area (Å²) in [5.74, 6) is 0. The minimum atomic E-state index is 0.688. The first-order valence-electron chi connectivity index (χ1n) is 10.9. The molecule has 24 heavy (non-hydrogen) atoms. The summed E-state index contributed by atoms with van der Waals surface area (Å²) in [5, 5.41) is 3.32. The van der Waals surface area contributed by atoms with E-state index in [4.69, 9.17) is 0 Å². The van der Waals surface area contributed by atoms with Gasteiger partial charge in [0.15, 0.2) is 0 Å². The molecule has 0 aromatic heterocycles. The van der Waals surface area contributed by atoms with Crippen molar-refractivity contribution in [1.29, 1.82) is 0 Å². The number of hydrogen-bond acceptors (Lipinski definition) is 1. The summed E-state index contributed by atoms with van der Waals surface area (Å²) in [6, 6.07) is 0.688. The molecule has 0 aromatic rings. The fourth-order valence-electron chi connectivity index (χ4n) is 3.56.